The fourth-order valence-corrected chi connectivity index (χ4v) is 2.70. The van der Waals surface area contributed by atoms with E-state index in [1.54, 1.807) is 0 Å². The first-order valence-electron chi connectivity index (χ1n) is 8.75. The Bertz CT molecular complexity index is 834. The number of aromatic nitrogens is 1. The van der Waals surface area contributed by atoms with Gasteiger partial charge in [0.05, 0.1) is 6.54 Å². The van der Waals surface area contributed by atoms with Crippen LogP contribution in [0.3, 0.4) is 0 Å². The van der Waals surface area contributed by atoms with E-state index in [-0.39, 0.29) is 24.0 Å². The molecule has 2 aromatic carbocycles. The number of nitrogens with zero attached hydrogens (tertiary/aromatic N) is 2. The molecule has 0 saturated carbocycles. The average Bonchev–Trinajstić information content (AvgIpc) is 2.67. The van der Waals surface area contributed by atoms with E-state index in [2.05, 4.69) is 65.0 Å². The molecule has 2 N–H and O–H groups in total. The highest BCUT2D eigenvalue weighted by Gasteiger charge is 2.00. The zero-order chi connectivity index (χ0) is 17.3. The van der Waals surface area contributed by atoms with Gasteiger partial charge in [-0.25, -0.2) is 4.99 Å². The minimum Gasteiger partial charge on any atom is -0.357 e. The number of rotatable bonds is 6. The highest BCUT2D eigenvalue weighted by atomic mass is 127. The Morgan fingerprint density at radius 3 is 2.54 bits per heavy atom. The molecule has 4 nitrogen and oxygen atoms in total. The zero-order valence-corrected chi connectivity index (χ0v) is 17.3. The van der Waals surface area contributed by atoms with Crippen LogP contribution in [0.2, 0.25) is 0 Å². The first-order chi connectivity index (χ1) is 12.3. The molecule has 1 heterocycles. The normalized spacial score (nSPS) is 11.0. The topological polar surface area (TPSA) is 49.3 Å². The van der Waals surface area contributed by atoms with Crippen molar-refractivity contribution in [2.75, 3.05) is 13.1 Å². The van der Waals surface area contributed by atoms with Crippen LogP contribution in [0.25, 0.3) is 10.8 Å². The van der Waals surface area contributed by atoms with Crippen LogP contribution >= 0.6 is 24.0 Å². The minimum absolute atomic E-state index is 0. The molecular weight excluding hydrogens is 435 g/mol. The van der Waals surface area contributed by atoms with E-state index in [9.17, 15) is 0 Å². The predicted molar refractivity (Wildman–Crippen MR) is 120 cm³/mol. The van der Waals surface area contributed by atoms with Crippen molar-refractivity contribution < 1.29 is 0 Å². The molecular formula is C21H25IN4. The lowest BCUT2D eigenvalue weighted by molar-refractivity contribution is 0.788. The maximum Gasteiger partial charge on any atom is 0.191 e. The van der Waals surface area contributed by atoms with Gasteiger partial charge >= 0.3 is 0 Å². The Balaban J connectivity index is 0.00000243. The average molecular weight is 460 g/mol. The SMILES string of the molecule is CCNC(=NCc1ccc2ccccc2c1)NCCc1ccccn1.I. The number of halogens is 1. The van der Waals surface area contributed by atoms with E-state index in [1.165, 1.54) is 16.3 Å². The summed E-state index contributed by atoms with van der Waals surface area (Å²) in [5.41, 5.74) is 2.29. The molecule has 0 fully saturated rings. The summed E-state index contributed by atoms with van der Waals surface area (Å²) in [5.74, 6) is 0.839. The molecule has 136 valence electrons. The largest absolute Gasteiger partial charge is 0.357 e. The maximum absolute atomic E-state index is 4.70. The summed E-state index contributed by atoms with van der Waals surface area (Å²) in [4.78, 5) is 9.04. The molecule has 0 aliphatic carbocycles. The summed E-state index contributed by atoms with van der Waals surface area (Å²) in [6, 6.07) is 20.9. The van der Waals surface area contributed by atoms with E-state index in [0.29, 0.717) is 6.54 Å². The number of hydrogen-bond acceptors (Lipinski definition) is 2. The van der Waals surface area contributed by atoms with Gasteiger partial charge in [0.15, 0.2) is 5.96 Å². The molecule has 1 aromatic heterocycles. The fraction of sp³-hybridized carbons (Fsp3) is 0.238. The summed E-state index contributed by atoms with van der Waals surface area (Å²) in [6.45, 7) is 4.38. The third-order valence-corrected chi connectivity index (χ3v) is 3.98. The molecule has 0 saturated heterocycles. The quantitative estimate of drug-likeness (QED) is 0.330. The van der Waals surface area contributed by atoms with Gasteiger partial charge in [0.25, 0.3) is 0 Å². The van der Waals surface area contributed by atoms with Crippen LogP contribution in [-0.4, -0.2) is 24.0 Å². The summed E-state index contributed by atoms with van der Waals surface area (Å²) >= 11 is 0. The number of pyridine rings is 1. The minimum atomic E-state index is 0. The van der Waals surface area contributed by atoms with E-state index in [1.807, 2.05) is 24.4 Å². The smallest absolute Gasteiger partial charge is 0.191 e. The van der Waals surface area contributed by atoms with Gasteiger partial charge in [-0.05, 0) is 41.5 Å². The fourth-order valence-electron chi connectivity index (χ4n) is 2.70. The van der Waals surface area contributed by atoms with Crippen molar-refractivity contribution in [3.63, 3.8) is 0 Å². The second kappa shape index (κ2) is 10.8. The van der Waals surface area contributed by atoms with E-state index < -0.39 is 0 Å². The zero-order valence-electron chi connectivity index (χ0n) is 15.0. The molecule has 26 heavy (non-hydrogen) atoms. The van der Waals surface area contributed by atoms with E-state index >= 15 is 0 Å². The van der Waals surface area contributed by atoms with Crippen LogP contribution in [0.4, 0.5) is 0 Å². The van der Waals surface area contributed by atoms with Gasteiger partial charge in [-0.15, -0.1) is 24.0 Å². The molecule has 0 bridgehead atoms. The number of benzene rings is 2. The van der Waals surface area contributed by atoms with Gasteiger partial charge in [0.1, 0.15) is 0 Å². The number of fused-ring (bicyclic) bond motifs is 1. The van der Waals surface area contributed by atoms with Crippen LogP contribution in [0.15, 0.2) is 71.9 Å². The van der Waals surface area contributed by atoms with Crippen molar-refractivity contribution >= 4 is 40.7 Å². The van der Waals surface area contributed by atoms with Gasteiger partial charge in [0, 0.05) is 31.4 Å². The molecule has 3 rings (SSSR count). The van der Waals surface area contributed by atoms with Crippen LogP contribution in [0.1, 0.15) is 18.2 Å². The Hall–Kier alpha value is -2.15. The lowest BCUT2D eigenvalue weighted by Gasteiger charge is -2.11. The van der Waals surface area contributed by atoms with Gasteiger partial charge in [-0.2, -0.15) is 0 Å². The Morgan fingerprint density at radius 1 is 0.962 bits per heavy atom. The van der Waals surface area contributed by atoms with Crippen molar-refractivity contribution in [2.24, 2.45) is 4.99 Å². The van der Waals surface area contributed by atoms with Crippen LogP contribution in [-0.2, 0) is 13.0 Å². The maximum atomic E-state index is 4.70. The first-order valence-corrected chi connectivity index (χ1v) is 8.75. The van der Waals surface area contributed by atoms with Crippen molar-refractivity contribution in [1.29, 1.82) is 0 Å². The molecule has 0 spiro atoms. The highest BCUT2D eigenvalue weighted by Crippen LogP contribution is 2.16. The summed E-state index contributed by atoms with van der Waals surface area (Å²) in [6.07, 6.45) is 2.70. The molecule has 5 heteroatoms. The molecule has 0 aliphatic rings. The number of guanidine groups is 1. The lowest BCUT2D eigenvalue weighted by Crippen LogP contribution is -2.38. The predicted octanol–water partition coefficient (Wildman–Crippen LogP) is 4.15. The second-order valence-electron chi connectivity index (χ2n) is 5.87. The van der Waals surface area contributed by atoms with Crippen molar-refractivity contribution in [3.8, 4) is 0 Å². The lowest BCUT2D eigenvalue weighted by atomic mass is 10.1. The Labute approximate surface area is 172 Å². The monoisotopic (exact) mass is 460 g/mol. The third-order valence-electron chi connectivity index (χ3n) is 3.98. The standard InChI is InChI=1S/C21H24N4.HI/c1-2-22-21(24-14-12-20-9-5-6-13-23-20)25-16-17-10-11-18-7-3-4-8-19(18)15-17;/h3-11,13,15H,2,12,14,16H2,1H3,(H2,22,24,25);1H. The van der Waals surface area contributed by atoms with Crippen LogP contribution in [0.5, 0.6) is 0 Å². The Morgan fingerprint density at radius 2 is 1.77 bits per heavy atom. The van der Waals surface area contributed by atoms with Gasteiger partial charge in [-0.3, -0.25) is 4.98 Å². The summed E-state index contributed by atoms with van der Waals surface area (Å²) in [5, 5.41) is 9.18. The first kappa shape index (κ1) is 20.2. The van der Waals surface area contributed by atoms with Crippen LogP contribution in [0, 0.1) is 0 Å². The summed E-state index contributed by atoms with van der Waals surface area (Å²) < 4.78 is 0. The number of nitrogens with one attached hydrogen (secondary N) is 2. The van der Waals surface area contributed by atoms with Gasteiger partial charge in [-0.1, -0.05) is 42.5 Å². The van der Waals surface area contributed by atoms with Crippen molar-refractivity contribution in [1.82, 2.24) is 15.6 Å². The molecule has 0 aliphatic heterocycles. The van der Waals surface area contributed by atoms with E-state index in [0.717, 1.165) is 31.2 Å². The van der Waals surface area contributed by atoms with Crippen molar-refractivity contribution in [2.45, 2.75) is 19.9 Å². The van der Waals surface area contributed by atoms with Crippen molar-refractivity contribution in [3.05, 3.63) is 78.1 Å². The second-order valence-corrected chi connectivity index (χ2v) is 5.87. The third kappa shape index (κ3) is 5.98. The number of aliphatic imine (C=N–C) groups is 1. The molecule has 0 unspecified atom stereocenters. The molecule has 0 radical (unpaired) electrons. The van der Waals surface area contributed by atoms with Gasteiger partial charge in [0.2, 0.25) is 0 Å². The van der Waals surface area contributed by atoms with E-state index in [4.69, 9.17) is 4.99 Å². The highest BCUT2D eigenvalue weighted by molar-refractivity contribution is 14.0. The Kier molecular flexibility index (Phi) is 8.34. The molecule has 3 aromatic rings. The molecule has 0 amide bonds. The molecule has 0 atom stereocenters. The van der Waals surface area contributed by atoms with Gasteiger partial charge < -0.3 is 10.6 Å². The summed E-state index contributed by atoms with van der Waals surface area (Å²) in [7, 11) is 0. The number of hydrogen-bond donors (Lipinski definition) is 2. The van der Waals surface area contributed by atoms with Crippen LogP contribution < -0.4 is 10.6 Å².